The number of aliphatic hydroxyl groups excluding tert-OH is 1. The van der Waals surface area contributed by atoms with E-state index in [2.05, 4.69) is 110 Å². The van der Waals surface area contributed by atoms with Crippen LogP contribution < -0.4 is 16.4 Å². The fraction of sp³-hybridized carbons (Fsp3) is 0.739. The van der Waals surface area contributed by atoms with Gasteiger partial charge in [-0.15, -0.1) is 0 Å². The molecule has 0 spiro atoms. The molecule has 2 aromatic heterocycles. The molecule has 0 aromatic carbocycles. The molecular weight excluding hydrogens is 1010 g/mol. The van der Waals surface area contributed by atoms with Gasteiger partial charge in [0.25, 0.3) is 0 Å². The van der Waals surface area contributed by atoms with Gasteiger partial charge in [-0.2, -0.15) is 8.62 Å². The highest BCUT2D eigenvalue weighted by Crippen LogP contribution is 2.66. The van der Waals surface area contributed by atoms with Crippen LogP contribution >= 0.6 is 23.5 Å². The van der Waals surface area contributed by atoms with E-state index in [0.29, 0.717) is 36.3 Å². The van der Waals surface area contributed by atoms with Crippen molar-refractivity contribution in [3.05, 3.63) is 36.6 Å². The van der Waals surface area contributed by atoms with Crippen LogP contribution in [0.15, 0.2) is 36.6 Å². The van der Waals surface area contributed by atoms with Crippen molar-refractivity contribution >= 4 is 58.2 Å². The number of aromatic nitrogens is 4. The van der Waals surface area contributed by atoms with Crippen LogP contribution in [-0.2, 0) is 41.1 Å². The molecule has 2 amide bonds. The Kier molecular flexibility index (Phi) is 17.9. The zero-order valence-electron chi connectivity index (χ0n) is 42.7. The van der Waals surface area contributed by atoms with Gasteiger partial charge in [-0.3, -0.25) is 13.9 Å². The summed E-state index contributed by atoms with van der Waals surface area (Å²) >= 11 is 0. The normalized spacial score (nSPS) is 31.1. The summed E-state index contributed by atoms with van der Waals surface area (Å²) in [5.41, 5.74) is 9.14. The number of allylic oxidation sites excluding steroid dienone is 4. The fourth-order valence-electron chi connectivity index (χ4n) is 12.2. The van der Waals surface area contributed by atoms with Crippen LogP contribution in [0, 0.1) is 34.5 Å². The van der Waals surface area contributed by atoms with E-state index < -0.39 is 60.7 Å². The van der Waals surface area contributed by atoms with Gasteiger partial charge in [-0.05, 0) is 89.5 Å². The molecule has 12 atom stereocenters. The number of amides is 2. The number of rotatable bonds is 21. The molecule has 2 aromatic rings. The van der Waals surface area contributed by atoms with E-state index in [9.17, 15) is 38.2 Å². The lowest BCUT2D eigenvalue weighted by atomic mass is 9.66. The Morgan fingerprint density at radius 2 is 1.62 bits per heavy atom. The highest BCUT2D eigenvalue weighted by Gasteiger charge is 2.56. The summed E-state index contributed by atoms with van der Waals surface area (Å²) in [5.74, 6) is 2.51. The molecule has 5 aliphatic rings. The summed E-state index contributed by atoms with van der Waals surface area (Å²) in [6.45, 7) is 17.6. The number of phosphoric ester groups is 1. The van der Waals surface area contributed by atoms with E-state index in [1.807, 2.05) is 0 Å². The smallest absolute Gasteiger partial charge is 0.440 e. The lowest BCUT2D eigenvalue weighted by Crippen LogP contribution is -2.42. The Hall–Kier alpha value is -3.63. The van der Waals surface area contributed by atoms with Crippen molar-refractivity contribution < 1.29 is 75.2 Å². The van der Waals surface area contributed by atoms with Gasteiger partial charge in [0.1, 0.15) is 30.6 Å². The first kappa shape index (κ1) is 57.1. The zero-order chi connectivity index (χ0) is 53.3. The zero-order valence-corrected chi connectivity index (χ0v) is 45.4. The molecule has 2 aliphatic carbocycles. The summed E-state index contributed by atoms with van der Waals surface area (Å²) in [6, 6.07) is 1.11. The minimum absolute atomic E-state index is 0.00326. The maximum atomic E-state index is 13.0. The Balaban J connectivity index is 0.906. The fourth-order valence-corrected chi connectivity index (χ4v) is 15.2. The van der Waals surface area contributed by atoms with Gasteiger partial charge in [-0.25, -0.2) is 38.0 Å². The summed E-state index contributed by atoms with van der Waals surface area (Å²) in [7, 11) is -17.2. The van der Waals surface area contributed by atoms with Gasteiger partial charge in [-0.1, -0.05) is 33.8 Å². The molecular formula is C46H75N9O15P3+. The number of nitrogens with zero attached hydrogens (tertiary/aromatic N) is 6. The van der Waals surface area contributed by atoms with Gasteiger partial charge in [0, 0.05) is 68.0 Å². The Bertz CT molecular complexity index is 2570. The van der Waals surface area contributed by atoms with Crippen LogP contribution in [0.25, 0.3) is 11.2 Å². The second kappa shape index (κ2) is 22.9. The summed E-state index contributed by atoms with van der Waals surface area (Å²) in [6.07, 6.45) is 12.2. The number of carbonyl (C=O) groups is 2. The predicted octanol–water partition coefficient (Wildman–Crippen LogP) is 5.69. The first-order valence-corrected chi connectivity index (χ1v) is 29.8. The highest BCUT2D eigenvalue weighted by molar-refractivity contribution is 7.66. The SMILES string of the molecule is CCN1/C(=C/C=C/C2=[N+](CCCCCC(=O)NCCNC(=O)OC3[C@@H](COP(=O)(O)OP(=O)(O)OP(=O)(O)O)O[C@@H](n4cnc5c(N)ncnc54)[C@H]3O)C3CCC(C)CC3C2(C)C)C(C)(C)C2CC(C)CCC21. The quantitative estimate of drug-likeness (QED) is 0.0423. The molecule has 3 aliphatic heterocycles. The maximum Gasteiger partial charge on any atom is 0.490 e. The molecule has 9 unspecified atom stereocenters. The molecule has 0 radical (unpaired) electrons. The number of unbranched alkanes of at least 4 members (excludes halogenated alkanes) is 2. The van der Waals surface area contributed by atoms with E-state index in [1.165, 1.54) is 60.8 Å². The number of aliphatic hydroxyl groups is 1. The van der Waals surface area contributed by atoms with E-state index in [1.54, 1.807) is 0 Å². The molecule has 2 saturated heterocycles. The lowest BCUT2D eigenvalue weighted by molar-refractivity contribution is -0.567. The molecule has 27 heteroatoms. The van der Waals surface area contributed by atoms with E-state index in [4.69, 9.17) is 29.5 Å². The molecule has 2 saturated carbocycles. The Labute approximate surface area is 426 Å². The van der Waals surface area contributed by atoms with Crippen molar-refractivity contribution in [2.75, 3.05) is 38.5 Å². The van der Waals surface area contributed by atoms with Crippen molar-refractivity contribution in [2.24, 2.45) is 34.5 Å². The van der Waals surface area contributed by atoms with Crippen LogP contribution in [0.1, 0.15) is 119 Å². The average molecular weight is 1090 g/mol. The summed E-state index contributed by atoms with van der Waals surface area (Å²) in [5, 5.41) is 16.6. The summed E-state index contributed by atoms with van der Waals surface area (Å²) < 4.78 is 62.9. The number of imidazole rings is 1. The topological polar surface area (TPSA) is 333 Å². The van der Waals surface area contributed by atoms with Crippen molar-refractivity contribution in [1.82, 2.24) is 35.1 Å². The third kappa shape index (κ3) is 13.3. The first-order chi connectivity index (χ1) is 34.2. The molecule has 408 valence electrons. The van der Waals surface area contributed by atoms with Crippen molar-refractivity contribution in [2.45, 2.75) is 149 Å². The van der Waals surface area contributed by atoms with Crippen LogP contribution in [0.2, 0.25) is 0 Å². The number of nitrogens with two attached hydrogens (primary N) is 1. The maximum absolute atomic E-state index is 13.0. The number of nitrogens with one attached hydrogen (secondary N) is 2. The number of hydrogen-bond donors (Lipinski definition) is 8. The molecule has 24 nitrogen and oxygen atoms in total. The van der Waals surface area contributed by atoms with Crippen molar-refractivity contribution in [3.8, 4) is 0 Å². The van der Waals surface area contributed by atoms with Crippen LogP contribution in [-0.4, -0.2) is 135 Å². The van der Waals surface area contributed by atoms with Crippen molar-refractivity contribution in [3.63, 3.8) is 0 Å². The molecule has 7 rings (SSSR count). The van der Waals surface area contributed by atoms with Crippen LogP contribution in [0.3, 0.4) is 0 Å². The Morgan fingerprint density at radius 1 is 0.918 bits per heavy atom. The monoisotopic (exact) mass is 1090 g/mol. The standard InChI is InChI=1S/C46H74N9O15P3/c1-8-53-32-18-16-28(2)23-30(32)45(4,5)35(53)13-12-14-36-46(6,7)31-24-29(3)17-19-33(31)54(36)22-11-9-10-15-37(56)48-20-21-49-44(58)68-40-34(25-66-72(62,63)70-73(64,65)69-71(59,60)61)67-43(39(40)57)55-27-52-38-41(47)50-26-51-42(38)55/h12-14,26-34,39-40,43,57H,8-11,15-25H2,1-7H3,(H7-,47,48,49,50,51,56,58,59,60,61,62,63,64,65)/p+1/t28?,29?,30?,31?,32?,33?,34-,39+,40?,43-/m1/s1. The number of ether oxygens (including phenoxy) is 2. The number of fused-ring (bicyclic) bond motifs is 3. The third-order valence-corrected chi connectivity index (χ3v) is 19.4. The molecule has 4 fully saturated rings. The number of hydrogen-bond acceptors (Lipinski definition) is 16. The molecule has 5 heterocycles. The lowest BCUT2D eigenvalue weighted by Gasteiger charge is -2.37. The van der Waals surface area contributed by atoms with Gasteiger partial charge >= 0.3 is 29.6 Å². The second-order valence-electron chi connectivity index (χ2n) is 21.4. The van der Waals surface area contributed by atoms with Gasteiger partial charge < -0.3 is 55.4 Å². The van der Waals surface area contributed by atoms with Crippen LogP contribution in [0.5, 0.6) is 0 Å². The number of likely N-dealkylation sites (tertiary alicyclic amines) is 1. The first-order valence-electron chi connectivity index (χ1n) is 25.3. The van der Waals surface area contributed by atoms with Gasteiger partial charge in [0.2, 0.25) is 5.91 Å². The van der Waals surface area contributed by atoms with E-state index in [0.717, 1.165) is 38.2 Å². The van der Waals surface area contributed by atoms with Gasteiger partial charge in [0.05, 0.1) is 18.3 Å². The minimum atomic E-state index is -5.86. The average Bonchev–Trinajstić information content (AvgIpc) is 3.97. The number of carbonyl (C=O) groups excluding carboxylic acids is 2. The predicted molar refractivity (Wildman–Crippen MR) is 267 cm³/mol. The van der Waals surface area contributed by atoms with E-state index >= 15 is 0 Å². The number of anilines is 1. The number of nitrogen functional groups attached to an aromatic ring is 1. The van der Waals surface area contributed by atoms with Crippen molar-refractivity contribution in [1.29, 1.82) is 0 Å². The number of alkyl carbamates (subject to hydrolysis) is 1. The molecule has 0 bridgehead atoms. The third-order valence-electron chi connectivity index (χ3n) is 15.6. The summed E-state index contributed by atoms with van der Waals surface area (Å²) in [4.78, 5) is 78.0. The molecule has 9 N–H and O–H groups in total. The molecule has 73 heavy (non-hydrogen) atoms. The van der Waals surface area contributed by atoms with E-state index in [-0.39, 0.29) is 53.2 Å². The highest BCUT2D eigenvalue weighted by atomic mass is 31.3. The Morgan fingerprint density at radius 3 is 2.33 bits per heavy atom. The number of phosphoric acid groups is 3. The van der Waals surface area contributed by atoms with Gasteiger partial charge in [0.15, 0.2) is 35.6 Å². The van der Waals surface area contributed by atoms with Crippen LogP contribution in [0.4, 0.5) is 10.6 Å². The minimum Gasteiger partial charge on any atom is -0.440 e. The second-order valence-corrected chi connectivity index (χ2v) is 25.8. The largest absolute Gasteiger partial charge is 0.490 e.